The van der Waals surface area contributed by atoms with Gasteiger partial charge in [0.1, 0.15) is 48.8 Å². The lowest BCUT2D eigenvalue weighted by atomic mass is 9.97. The number of aliphatic hydroxyl groups excluding tert-OH is 8. The fraction of sp³-hybridized carbons (Fsp3) is 1.00. The second-order valence-electron chi connectivity index (χ2n) is 5.53. The molecule has 2 heterocycles. The molecule has 0 aliphatic carbocycles. The summed E-state index contributed by atoms with van der Waals surface area (Å²) in [6, 6.07) is 0. The largest absolute Gasteiger partial charge is 0.394 e. The molecule has 8 N–H and O–H groups in total. The van der Waals surface area contributed by atoms with E-state index in [0.717, 1.165) is 0 Å². The van der Waals surface area contributed by atoms with Crippen LogP contribution in [0.25, 0.3) is 0 Å². The minimum atomic E-state index is -1.74. The Hall–Kier alpha value is -0.440. The van der Waals surface area contributed by atoms with Crippen LogP contribution < -0.4 is 0 Å². The molecule has 0 amide bonds. The van der Waals surface area contributed by atoms with Gasteiger partial charge in [-0.3, -0.25) is 0 Å². The molecule has 11 nitrogen and oxygen atoms in total. The van der Waals surface area contributed by atoms with E-state index in [9.17, 15) is 35.7 Å². The minimum absolute atomic E-state index is 0.667. The van der Waals surface area contributed by atoms with Crippen LogP contribution in [0.1, 0.15) is 0 Å². The number of ether oxygens (including phenoxy) is 3. The van der Waals surface area contributed by atoms with Gasteiger partial charge in [-0.2, -0.15) is 0 Å². The number of hydrogen-bond donors (Lipinski definition) is 8. The maximum absolute atomic E-state index is 9.94. The van der Waals surface area contributed by atoms with E-state index in [-0.39, 0.29) is 0 Å². The van der Waals surface area contributed by atoms with E-state index < -0.39 is 74.6 Å². The molecule has 0 radical (unpaired) electrons. The highest BCUT2D eigenvalue weighted by Crippen LogP contribution is 2.28. The Morgan fingerprint density at radius 2 is 1.26 bits per heavy atom. The van der Waals surface area contributed by atoms with Crippen molar-refractivity contribution >= 4 is 0 Å². The van der Waals surface area contributed by atoms with E-state index in [4.69, 9.17) is 19.3 Å². The van der Waals surface area contributed by atoms with Crippen LogP contribution in [0.4, 0.5) is 0 Å². The maximum Gasteiger partial charge on any atom is 0.187 e. The maximum atomic E-state index is 9.94. The van der Waals surface area contributed by atoms with Crippen LogP contribution in [0.5, 0.6) is 0 Å². The average Bonchev–Trinajstić information content (AvgIpc) is 2.55. The fourth-order valence-electron chi connectivity index (χ4n) is 2.57. The van der Waals surface area contributed by atoms with Crippen molar-refractivity contribution in [1.29, 1.82) is 0 Å². The van der Waals surface area contributed by atoms with E-state index >= 15 is 0 Å². The summed E-state index contributed by atoms with van der Waals surface area (Å²) < 4.78 is 15.3. The summed E-state index contributed by atoms with van der Waals surface area (Å²) in [5, 5.41) is 76.5. The molecular weight excluding hydrogens is 320 g/mol. The van der Waals surface area contributed by atoms with Crippen molar-refractivity contribution in [2.45, 2.75) is 61.4 Å². The zero-order valence-electron chi connectivity index (χ0n) is 12.0. The first-order valence-corrected chi connectivity index (χ1v) is 7.08. The molecule has 11 heteroatoms. The first-order chi connectivity index (χ1) is 10.8. The van der Waals surface area contributed by atoms with Crippen LogP contribution in [0.15, 0.2) is 0 Å². The highest BCUT2D eigenvalue weighted by molar-refractivity contribution is 4.93. The van der Waals surface area contributed by atoms with Gasteiger partial charge in [0.15, 0.2) is 12.6 Å². The van der Waals surface area contributed by atoms with Gasteiger partial charge >= 0.3 is 0 Å². The van der Waals surface area contributed by atoms with Gasteiger partial charge in [0.25, 0.3) is 0 Å². The van der Waals surface area contributed by atoms with Crippen molar-refractivity contribution in [3.63, 3.8) is 0 Å². The van der Waals surface area contributed by atoms with E-state index in [0.29, 0.717) is 0 Å². The molecule has 2 aliphatic heterocycles. The van der Waals surface area contributed by atoms with E-state index in [1.807, 2.05) is 0 Å². The van der Waals surface area contributed by atoms with Crippen LogP contribution >= 0.6 is 0 Å². The highest BCUT2D eigenvalue weighted by Gasteiger charge is 2.50. The van der Waals surface area contributed by atoms with Crippen molar-refractivity contribution < 1.29 is 55.1 Å². The molecule has 10 atom stereocenters. The average molecular weight is 342 g/mol. The van der Waals surface area contributed by atoms with Gasteiger partial charge in [-0.05, 0) is 0 Å². The minimum Gasteiger partial charge on any atom is -0.394 e. The van der Waals surface area contributed by atoms with Crippen LogP contribution in [0.2, 0.25) is 0 Å². The Labute approximate surface area is 130 Å². The highest BCUT2D eigenvalue weighted by atomic mass is 16.7. The molecule has 0 aromatic heterocycles. The van der Waals surface area contributed by atoms with Crippen molar-refractivity contribution in [2.24, 2.45) is 0 Å². The predicted molar refractivity (Wildman–Crippen MR) is 68.6 cm³/mol. The van der Waals surface area contributed by atoms with Gasteiger partial charge in [0, 0.05) is 0 Å². The van der Waals surface area contributed by atoms with Crippen molar-refractivity contribution in [3.8, 4) is 0 Å². The van der Waals surface area contributed by atoms with E-state index in [2.05, 4.69) is 0 Å². The summed E-state index contributed by atoms with van der Waals surface area (Å²) in [7, 11) is 0. The lowest BCUT2D eigenvalue weighted by Gasteiger charge is -2.45. The molecule has 2 fully saturated rings. The molecule has 0 saturated carbocycles. The Morgan fingerprint density at radius 3 is 1.83 bits per heavy atom. The predicted octanol–water partition coefficient (Wildman–Crippen LogP) is -5.40. The smallest absolute Gasteiger partial charge is 0.187 e. The van der Waals surface area contributed by atoms with Crippen molar-refractivity contribution in [2.75, 3.05) is 13.2 Å². The molecule has 0 aromatic carbocycles. The van der Waals surface area contributed by atoms with Crippen molar-refractivity contribution in [1.82, 2.24) is 0 Å². The third-order valence-corrected chi connectivity index (χ3v) is 3.98. The summed E-state index contributed by atoms with van der Waals surface area (Å²) in [4.78, 5) is 0. The molecule has 2 aliphatic rings. The first kappa shape index (κ1) is 18.9. The number of hydrogen-bond acceptors (Lipinski definition) is 11. The summed E-state index contributed by atoms with van der Waals surface area (Å²) in [6.07, 6.45) is -15.6. The van der Waals surface area contributed by atoms with Gasteiger partial charge in [-0.15, -0.1) is 0 Å². The molecule has 1 unspecified atom stereocenters. The van der Waals surface area contributed by atoms with Crippen molar-refractivity contribution in [3.05, 3.63) is 0 Å². The molecular formula is C12H22O11. The number of rotatable bonds is 4. The summed E-state index contributed by atoms with van der Waals surface area (Å²) in [5.41, 5.74) is 0. The molecule has 2 rings (SSSR count). The summed E-state index contributed by atoms with van der Waals surface area (Å²) in [5.74, 6) is 0. The first-order valence-electron chi connectivity index (χ1n) is 7.08. The van der Waals surface area contributed by atoms with E-state index in [1.165, 1.54) is 0 Å². The lowest BCUT2D eigenvalue weighted by Crippen LogP contribution is -2.64. The Morgan fingerprint density at radius 1 is 0.652 bits per heavy atom. The monoisotopic (exact) mass is 342 g/mol. The standard InChI is InChI=1S/C12H22O11/c13-1-3-5(15)6(16)9(19)12(22-3)23-10-4(2-14)21-11(20)8(18)7(10)17/h3-20H,1-2H2/t3-,4-,5+,6+,7-,8-,9-,10?,11+,12+/m1/s1. The molecule has 0 spiro atoms. The van der Waals surface area contributed by atoms with Gasteiger partial charge < -0.3 is 55.1 Å². The fourth-order valence-corrected chi connectivity index (χ4v) is 2.57. The Kier molecular flexibility index (Phi) is 6.27. The zero-order chi connectivity index (χ0) is 17.3. The van der Waals surface area contributed by atoms with Gasteiger partial charge in [-0.25, -0.2) is 0 Å². The Bertz CT molecular complexity index is 378. The van der Waals surface area contributed by atoms with Gasteiger partial charge in [0.2, 0.25) is 0 Å². The molecule has 0 bridgehead atoms. The zero-order valence-corrected chi connectivity index (χ0v) is 12.0. The molecule has 2 saturated heterocycles. The quantitative estimate of drug-likeness (QED) is 0.243. The summed E-state index contributed by atoms with van der Waals surface area (Å²) >= 11 is 0. The van der Waals surface area contributed by atoms with E-state index in [1.54, 1.807) is 0 Å². The third-order valence-electron chi connectivity index (χ3n) is 3.98. The van der Waals surface area contributed by atoms with Crippen LogP contribution in [-0.4, -0.2) is 115 Å². The van der Waals surface area contributed by atoms with Crippen LogP contribution in [0, 0.1) is 0 Å². The summed E-state index contributed by atoms with van der Waals surface area (Å²) in [6.45, 7) is -1.35. The second-order valence-corrected chi connectivity index (χ2v) is 5.53. The van der Waals surface area contributed by atoms with Gasteiger partial charge in [0.05, 0.1) is 13.2 Å². The third kappa shape index (κ3) is 3.65. The Balaban J connectivity index is 2.11. The lowest BCUT2D eigenvalue weighted by molar-refractivity contribution is -0.355. The molecule has 136 valence electrons. The van der Waals surface area contributed by atoms with Crippen LogP contribution in [-0.2, 0) is 14.2 Å². The number of aliphatic hydroxyl groups is 8. The molecule has 0 aromatic rings. The second kappa shape index (κ2) is 7.63. The van der Waals surface area contributed by atoms with Crippen LogP contribution in [0.3, 0.4) is 0 Å². The van der Waals surface area contributed by atoms with Gasteiger partial charge in [-0.1, -0.05) is 0 Å². The normalized spacial score (nSPS) is 51.7. The SMILES string of the molecule is OC[C@H]1O[C@H](O)[C@H](O)[C@@H](O)C1O[C@@H]1O[C@H](CO)[C@H](O)[C@H](O)[C@H]1O. The molecule has 23 heavy (non-hydrogen) atoms. The topological polar surface area (TPSA) is 190 Å².